The van der Waals surface area contributed by atoms with Crippen LogP contribution in [0.15, 0.2) is 34.5 Å². The van der Waals surface area contributed by atoms with Crippen molar-refractivity contribution in [1.82, 2.24) is 8.87 Å². The molecule has 0 aliphatic carbocycles. The normalized spacial score (nSPS) is 12.3. The van der Waals surface area contributed by atoms with E-state index in [1.807, 2.05) is 31.1 Å². The molecule has 0 saturated heterocycles. The maximum atomic E-state index is 12.9. The Morgan fingerprint density at radius 2 is 2.12 bits per heavy atom. The summed E-state index contributed by atoms with van der Waals surface area (Å²) in [6.07, 6.45) is 9.28. The molecule has 0 aromatic carbocycles. The van der Waals surface area contributed by atoms with Crippen LogP contribution in [0.2, 0.25) is 0 Å². The maximum absolute atomic E-state index is 12.9. The van der Waals surface area contributed by atoms with Crippen LogP contribution in [0.4, 0.5) is 0 Å². The fraction of sp³-hybridized carbons (Fsp3) is 0.316. The number of hydrogen-bond acceptors (Lipinski definition) is 3. The van der Waals surface area contributed by atoms with Crippen LogP contribution in [0.1, 0.15) is 35.6 Å². The van der Waals surface area contributed by atoms with E-state index in [4.69, 9.17) is 6.42 Å². The summed E-state index contributed by atoms with van der Waals surface area (Å²) in [5, 5.41) is 0. The molecule has 1 heterocycles. The van der Waals surface area contributed by atoms with Crippen molar-refractivity contribution in [2.45, 2.75) is 20.8 Å². The van der Waals surface area contributed by atoms with Crippen molar-refractivity contribution < 1.29 is 4.79 Å². The van der Waals surface area contributed by atoms with Crippen molar-refractivity contribution in [2.75, 3.05) is 14.1 Å². The Morgan fingerprint density at radius 1 is 1.52 bits per heavy atom. The molecule has 0 atom stereocenters. The van der Waals surface area contributed by atoms with Gasteiger partial charge in [-0.1, -0.05) is 42.3 Å². The lowest BCUT2D eigenvalue weighted by Gasteiger charge is -2.10. The van der Waals surface area contributed by atoms with Gasteiger partial charge in [-0.25, -0.2) is 0 Å². The molecule has 0 aliphatic rings. The molecule has 0 aliphatic heterocycles. The minimum absolute atomic E-state index is 0.160. The van der Waals surface area contributed by atoms with E-state index in [9.17, 15) is 4.79 Å². The summed E-state index contributed by atoms with van der Waals surface area (Å²) in [6.45, 7) is 10.2. The van der Waals surface area contributed by atoms with Gasteiger partial charge in [0.1, 0.15) is 5.69 Å². The summed E-state index contributed by atoms with van der Waals surface area (Å²) in [4.78, 5) is 14.7. The summed E-state index contributed by atoms with van der Waals surface area (Å²) in [6, 6.07) is 1.89. The zero-order chi connectivity index (χ0) is 19.3. The van der Waals surface area contributed by atoms with Gasteiger partial charge in [0, 0.05) is 60.8 Å². The van der Waals surface area contributed by atoms with Crippen LogP contribution in [0.5, 0.6) is 0 Å². The van der Waals surface area contributed by atoms with Gasteiger partial charge >= 0.3 is 0 Å². The van der Waals surface area contributed by atoms with Gasteiger partial charge in [0.25, 0.3) is 0 Å². The zero-order valence-corrected chi connectivity index (χ0v) is 19.6. The quantitative estimate of drug-likeness (QED) is 0.145. The largest absolute Gasteiger partial charge is 0.382 e. The van der Waals surface area contributed by atoms with Crippen LogP contribution in [-0.2, 0) is 0 Å². The molecule has 0 saturated carbocycles. The van der Waals surface area contributed by atoms with Crippen LogP contribution >= 0.6 is 46.3 Å². The van der Waals surface area contributed by atoms with Crippen molar-refractivity contribution in [2.24, 2.45) is 5.92 Å². The molecule has 1 aromatic rings. The van der Waals surface area contributed by atoms with Gasteiger partial charge in [-0.05, 0) is 36.1 Å². The number of Topliss-reactive ketones (excluding diaryl/α,β-unsaturated/α-hetero) is 1. The average Bonchev–Trinajstić information content (AvgIpc) is 2.84. The fourth-order valence-electron chi connectivity index (χ4n) is 2.28. The monoisotopic (exact) mass is 532 g/mol. The highest BCUT2D eigenvalue weighted by Gasteiger charge is 2.20. The van der Waals surface area contributed by atoms with Gasteiger partial charge in [0.05, 0.1) is 5.57 Å². The number of hydrogen-bond donors (Lipinski definition) is 0. The van der Waals surface area contributed by atoms with Crippen LogP contribution in [-0.4, -0.2) is 28.8 Å². The molecule has 0 radical (unpaired) electrons. The Morgan fingerprint density at radius 3 is 2.52 bits per heavy atom. The first-order chi connectivity index (χ1) is 11.6. The first kappa shape index (κ1) is 22.1. The molecule has 0 bridgehead atoms. The second-order valence-corrected chi connectivity index (χ2v) is 8.71. The predicted octanol–water partition coefficient (Wildman–Crippen LogP) is 5.85. The second kappa shape index (κ2) is 9.70. The van der Waals surface area contributed by atoms with Crippen molar-refractivity contribution in [3.8, 4) is 12.3 Å². The third kappa shape index (κ3) is 5.53. The molecule has 0 amide bonds. The highest BCUT2D eigenvalue weighted by molar-refractivity contribution is 14.2. The van der Waals surface area contributed by atoms with E-state index in [1.54, 1.807) is 11.1 Å². The smallest absolute Gasteiger partial charge is 0.220 e. The lowest BCUT2D eigenvalue weighted by molar-refractivity contribution is 0.103. The molecular formula is C19H22BrIN2OS. The van der Waals surface area contributed by atoms with E-state index >= 15 is 0 Å². The zero-order valence-electron chi connectivity index (χ0n) is 15.1. The summed E-state index contributed by atoms with van der Waals surface area (Å²) < 4.78 is 2.76. The molecular weight excluding hydrogens is 511 g/mol. The Balaban J connectivity index is 3.52. The number of ketones is 1. The number of rotatable bonds is 7. The van der Waals surface area contributed by atoms with Crippen LogP contribution < -0.4 is 0 Å². The summed E-state index contributed by atoms with van der Waals surface area (Å²) in [7, 11) is 5.13. The Bertz CT molecular complexity index is 782. The van der Waals surface area contributed by atoms with E-state index in [0.717, 1.165) is 21.3 Å². The van der Waals surface area contributed by atoms with E-state index in [1.165, 1.54) is 9.12 Å². The van der Waals surface area contributed by atoms with Crippen LogP contribution in [0.3, 0.4) is 0 Å². The number of halogens is 2. The van der Waals surface area contributed by atoms with Gasteiger partial charge < -0.3 is 4.90 Å². The molecule has 6 heteroatoms. The number of carbonyl (C=O) groups excluding carboxylic acids is 1. The van der Waals surface area contributed by atoms with E-state index in [2.05, 4.69) is 69.6 Å². The molecule has 0 N–H and O–H groups in total. The van der Waals surface area contributed by atoms with Crippen molar-refractivity contribution in [3.05, 3.63) is 51.4 Å². The molecule has 0 unspecified atom stereocenters. The Kier molecular flexibility index (Phi) is 8.58. The SMILES string of the molecule is C#C/C(=C\N(C)C)C(=O)c1cc(/C=C(\C(=C)Br)C(C)C)c(C)n1SI. The summed E-state index contributed by atoms with van der Waals surface area (Å²) >= 11 is 5.64. The number of carbonyl (C=O) groups is 1. The number of terminal acetylenes is 1. The fourth-order valence-corrected chi connectivity index (χ4v) is 4.80. The van der Waals surface area contributed by atoms with Crippen molar-refractivity contribution in [1.29, 1.82) is 0 Å². The molecule has 0 spiro atoms. The lowest BCUT2D eigenvalue weighted by Crippen LogP contribution is -2.11. The van der Waals surface area contributed by atoms with Gasteiger partial charge in [-0.3, -0.25) is 8.77 Å². The first-order valence-electron chi connectivity index (χ1n) is 7.61. The number of nitrogens with zero attached hydrogens (tertiary/aromatic N) is 2. The molecule has 1 aromatic heterocycles. The first-order valence-corrected chi connectivity index (χ1v) is 11.7. The summed E-state index contributed by atoms with van der Waals surface area (Å²) in [5.74, 6) is 2.65. The summed E-state index contributed by atoms with van der Waals surface area (Å²) in [5.41, 5.74) is 3.98. The second-order valence-electron chi connectivity index (χ2n) is 6.07. The standard InChI is InChI=1S/C19H22BrIN2OS/c1-8-15(11-22(6)7)19(24)18-10-16(14(5)23(18)25-21)9-17(12(2)3)13(4)20/h1,9-12H,4H2,2-3,5-7H3/b15-11+,17-9-. The molecule has 3 nitrogen and oxygen atoms in total. The predicted molar refractivity (Wildman–Crippen MR) is 122 cm³/mol. The highest BCUT2D eigenvalue weighted by Crippen LogP contribution is 2.31. The molecule has 0 fully saturated rings. The molecule has 134 valence electrons. The van der Waals surface area contributed by atoms with E-state index in [-0.39, 0.29) is 5.78 Å². The molecule has 1 rings (SSSR count). The van der Waals surface area contributed by atoms with Gasteiger partial charge in [0.15, 0.2) is 0 Å². The van der Waals surface area contributed by atoms with Crippen molar-refractivity contribution in [3.63, 3.8) is 0 Å². The minimum atomic E-state index is -0.160. The topological polar surface area (TPSA) is 25.2 Å². The number of allylic oxidation sites excluding steroid dienone is 3. The minimum Gasteiger partial charge on any atom is -0.382 e. The van der Waals surface area contributed by atoms with Gasteiger partial charge in [0.2, 0.25) is 5.78 Å². The van der Waals surface area contributed by atoms with Crippen molar-refractivity contribution >= 4 is 58.1 Å². The Hall–Kier alpha value is -0.910. The lowest BCUT2D eigenvalue weighted by atomic mass is 10.0. The Labute approximate surface area is 175 Å². The molecule has 25 heavy (non-hydrogen) atoms. The van der Waals surface area contributed by atoms with Gasteiger partial charge in [-0.15, -0.1) is 6.42 Å². The van der Waals surface area contributed by atoms with E-state index in [0.29, 0.717) is 17.2 Å². The highest BCUT2D eigenvalue weighted by atomic mass is 127. The van der Waals surface area contributed by atoms with Crippen LogP contribution in [0, 0.1) is 25.2 Å². The van der Waals surface area contributed by atoms with E-state index < -0.39 is 0 Å². The van der Waals surface area contributed by atoms with Crippen LogP contribution in [0.25, 0.3) is 6.08 Å². The van der Waals surface area contributed by atoms with Gasteiger partial charge in [-0.2, -0.15) is 0 Å². The average molecular weight is 533 g/mol. The maximum Gasteiger partial charge on any atom is 0.220 e. The third-order valence-corrected chi connectivity index (χ3v) is 5.82. The number of aromatic nitrogens is 1. The third-order valence-electron chi connectivity index (χ3n) is 3.57.